The molecule has 1 N–H and O–H groups in total. The van der Waals surface area contributed by atoms with Crippen LogP contribution in [0.1, 0.15) is 5.56 Å². The Bertz CT molecular complexity index is 1200. The molecule has 0 aliphatic rings. The summed E-state index contributed by atoms with van der Waals surface area (Å²) >= 11 is 0. The summed E-state index contributed by atoms with van der Waals surface area (Å²) in [5.74, 6) is 0.707. The van der Waals surface area contributed by atoms with Crippen molar-refractivity contribution in [2.45, 2.75) is 6.54 Å². The third-order valence-electron chi connectivity index (χ3n) is 4.31. The lowest BCUT2D eigenvalue weighted by Gasteiger charge is -2.06. The number of methoxy groups -OCH3 is 2. The SMILES string of the molecule is COc1cc(/C=N/NC(=O)Cn2cnc3c2c(=O)n(C)c(=O)n3C)cc(OC)c1. The molecule has 0 aliphatic carbocycles. The number of carbonyl (C=O) groups is 1. The molecule has 2 aromatic heterocycles. The second kappa shape index (κ2) is 8.00. The Kier molecular flexibility index (Phi) is 5.48. The highest BCUT2D eigenvalue weighted by Gasteiger charge is 2.15. The molecule has 0 atom stereocenters. The highest BCUT2D eigenvalue weighted by Crippen LogP contribution is 2.21. The van der Waals surface area contributed by atoms with Crippen LogP contribution in [0.3, 0.4) is 0 Å². The average Bonchev–Trinajstić information content (AvgIpc) is 3.13. The van der Waals surface area contributed by atoms with Crippen molar-refractivity contribution in [3.8, 4) is 11.5 Å². The van der Waals surface area contributed by atoms with Gasteiger partial charge < -0.3 is 14.0 Å². The Morgan fingerprint density at radius 2 is 1.79 bits per heavy atom. The normalized spacial score (nSPS) is 11.2. The van der Waals surface area contributed by atoms with Gasteiger partial charge in [0.15, 0.2) is 11.2 Å². The van der Waals surface area contributed by atoms with Crippen LogP contribution >= 0.6 is 0 Å². The molecule has 0 spiro atoms. The maximum atomic E-state index is 12.4. The van der Waals surface area contributed by atoms with Crippen LogP contribution in [0.5, 0.6) is 11.5 Å². The van der Waals surface area contributed by atoms with Crippen LogP contribution in [0, 0.1) is 0 Å². The van der Waals surface area contributed by atoms with Crippen LogP contribution in [0.15, 0.2) is 39.2 Å². The zero-order chi connectivity index (χ0) is 21.1. The molecule has 0 radical (unpaired) electrons. The molecule has 0 saturated heterocycles. The van der Waals surface area contributed by atoms with E-state index in [1.54, 1.807) is 18.2 Å². The van der Waals surface area contributed by atoms with E-state index in [2.05, 4.69) is 15.5 Å². The average molecular weight is 400 g/mol. The Morgan fingerprint density at radius 1 is 1.14 bits per heavy atom. The van der Waals surface area contributed by atoms with E-state index < -0.39 is 17.2 Å². The second-order valence-corrected chi connectivity index (χ2v) is 6.19. The molecule has 11 nitrogen and oxygen atoms in total. The summed E-state index contributed by atoms with van der Waals surface area (Å²) in [7, 11) is 5.95. The maximum Gasteiger partial charge on any atom is 0.332 e. The van der Waals surface area contributed by atoms with Gasteiger partial charge in [0, 0.05) is 25.7 Å². The van der Waals surface area contributed by atoms with Crippen LogP contribution < -0.4 is 26.1 Å². The zero-order valence-electron chi connectivity index (χ0n) is 16.4. The molecule has 1 aromatic carbocycles. The highest BCUT2D eigenvalue weighted by molar-refractivity contribution is 5.84. The maximum absolute atomic E-state index is 12.4. The number of amides is 1. The number of hydrogen-bond donors (Lipinski definition) is 1. The van der Waals surface area contributed by atoms with Crippen molar-refractivity contribution in [3.05, 3.63) is 50.9 Å². The summed E-state index contributed by atoms with van der Waals surface area (Å²) in [6, 6.07) is 5.17. The molecule has 2 heterocycles. The molecule has 0 bridgehead atoms. The van der Waals surface area contributed by atoms with Gasteiger partial charge in [-0.15, -0.1) is 0 Å². The Morgan fingerprint density at radius 3 is 2.41 bits per heavy atom. The molecule has 0 unspecified atom stereocenters. The van der Waals surface area contributed by atoms with Gasteiger partial charge in [-0.25, -0.2) is 15.2 Å². The van der Waals surface area contributed by atoms with Crippen molar-refractivity contribution >= 4 is 23.3 Å². The van der Waals surface area contributed by atoms with Crippen LogP contribution in [0.25, 0.3) is 11.2 Å². The number of hydrogen-bond acceptors (Lipinski definition) is 7. The standard InChI is InChI=1S/C18H20N6O5/c1-22-16-15(17(26)23(2)18(22)27)24(10-19-16)9-14(25)21-20-8-11-5-12(28-3)7-13(6-11)29-4/h5-8,10H,9H2,1-4H3,(H,21,25)/b20-8+. The molecule has 3 rings (SSSR count). The van der Waals surface area contributed by atoms with Crippen LogP contribution in [-0.4, -0.2) is 45.0 Å². The van der Waals surface area contributed by atoms with Gasteiger partial charge in [-0.3, -0.25) is 18.7 Å². The number of nitrogens with one attached hydrogen (secondary N) is 1. The lowest BCUT2D eigenvalue weighted by atomic mass is 10.2. The fourth-order valence-corrected chi connectivity index (χ4v) is 2.79. The molecule has 0 aliphatic heterocycles. The van der Waals surface area contributed by atoms with Gasteiger partial charge in [0.2, 0.25) is 0 Å². The van der Waals surface area contributed by atoms with Gasteiger partial charge in [-0.05, 0) is 12.1 Å². The predicted molar refractivity (Wildman–Crippen MR) is 105 cm³/mol. The number of hydrazone groups is 1. The number of fused-ring (bicyclic) bond motifs is 1. The molecule has 0 fully saturated rings. The largest absolute Gasteiger partial charge is 0.497 e. The number of nitrogens with zero attached hydrogens (tertiary/aromatic N) is 5. The van der Waals surface area contributed by atoms with E-state index in [0.717, 1.165) is 4.57 Å². The fourth-order valence-electron chi connectivity index (χ4n) is 2.79. The summed E-state index contributed by atoms with van der Waals surface area (Å²) in [4.78, 5) is 40.7. The lowest BCUT2D eigenvalue weighted by molar-refractivity contribution is -0.121. The van der Waals surface area contributed by atoms with E-state index >= 15 is 0 Å². The van der Waals surface area contributed by atoms with Gasteiger partial charge in [-0.2, -0.15) is 5.10 Å². The molecule has 11 heteroatoms. The number of aryl methyl sites for hydroxylation is 1. The summed E-state index contributed by atoms with van der Waals surface area (Å²) in [5, 5.41) is 3.92. The van der Waals surface area contributed by atoms with Gasteiger partial charge in [-0.1, -0.05) is 0 Å². The first-order valence-corrected chi connectivity index (χ1v) is 8.51. The minimum absolute atomic E-state index is 0.159. The van der Waals surface area contributed by atoms with Gasteiger partial charge in [0.05, 0.1) is 26.8 Å². The Labute approximate surface area is 164 Å². The van der Waals surface area contributed by atoms with Crippen molar-refractivity contribution in [3.63, 3.8) is 0 Å². The summed E-state index contributed by atoms with van der Waals surface area (Å²) in [6.45, 7) is -0.192. The van der Waals surface area contributed by atoms with Crippen LogP contribution in [0.4, 0.5) is 0 Å². The number of imidazole rings is 1. The third-order valence-corrected chi connectivity index (χ3v) is 4.31. The fraction of sp³-hybridized carbons (Fsp3) is 0.278. The number of aromatic nitrogens is 4. The molecule has 0 saturated carbocycles. The van der Waals surface area contributed by atoms with E-state index in [0.29, 0.717) is 17.1 Å². The third kappa shape index (κ3) is 3.88. The minimum atomic E-state index is -0.527. The van der Waals surface area contributed by atoms with E-state index in [9.17, 15) is 14.4 Å². The van der Waals surface area contributed by atoms with Crippen LogP contribution in [0.2, 0.25) is 0 Å². The zero-order valence-corrected chi connectivity index (χ0v) is 16.4. The monoisotopic (exact) mass is 400 g/mol. The van der Waals surface area contributed by atoms with Gasteiger partial charge >= 0.3 is 5.69 Å². The second-order valence-electron chi connectivity index (χ2n) is 6.19. The number of rotatable bonds is 6. The van der Waals surface area contributed by atoms with E-state index in [1.807, 2.05) is 0 Å². The first-order chi connectivity index (χ1) is 13.8. The first kappa shape index (κ1) is 19.9. The lowest BCUT2D eigenvalue weighted by Crippen LogP contribution is -2.38. The number of carbonyl (C=O) groups excluding carboxylic acids is 1. The topological polar surface area (TPSA) is 122 Å². The molecule has 29 heavy (non-hydrogen) atoms. The highest BCUT2D eigenvalue weighted by atomic mass is 16.5. The van der Waals surface area contributed by atoms with E-state index in [-0.39, 0.29) is 17.7 Å². The van der Waals surface area contributed by atoms with Gasteiger partial charge in [0.25, 0.3) is 11.5 Å². The van der Waals surface area contributed by atoms with E-state index in [1.165, 1.54) is 50.0 Å². The van der Waals surface area contributed by atoms with Crippen molar-refractivity contribution < 1.29 is 14.3 Å². The number of benzene rings is 1. The predicted octanol–water partition coefficient (Wildman–Crippen LogP) is -0.399. The summed E-state index contributed by atoms with van der Waals surface area (Å²) in [6.07, 6.45) is 2.78. The van der Waals surface area contributed by atoms with E-state index in [4.69, 9.17) is 9.47 Å². The molecule has 1 amide bonds. The van der Waals surface area contributed by atoms with Gasteiger partial charge in [0.1, 0.15) is 18.0 Å². The first-order valence-electron chi connectivity index (χ1n) is 8.51. The van der Waals surface area contributed by atoms with Crippen molar-refractivity contribution in [2.24, 2.45) is 19.2 Å². The molecular weight excluding hydrogens is 380 g/mol. The molecule has 3 aromatic rings. The van der Waals surface area contributed by atoms with Crippen molar-refractivity contribution in [2.75, 3.05) is 14.2 Å². The smallest absolute Gasteiger partial charge is 0.332 e. The summed E-state index contributed by atoms with van der Waals surface area (Å²) in [5.41, 5.74) is 2.40. The number of ether oxygens (including phenoxy) is 2. The molecule has 152 valence electrons. The Balaban J connectivity index is 1.78. The minimum Gasteiger partial charge on any atom is -0.497 e. The Hall–Kier alpha value is -3.89. The molecular formula is C18H20N6O5. The quantitative estimate of drug-likeness (QED) is 0.444. The van der Waals surface area contributed by atoms with Crippen molar-refractivity contribution in [1.29, 1.82) is 0 Å². The summed E-state index contributed by atoms with van der Waals surface area (Å²) < 4.78 is 13.9. The van der Waals surface area contributed by atoms with Crippen molar-refractivity contribution in [1.82, 2.24) is 24.1 Å². The van der Waals surface area contributed by atoms with Crippen LogP contribution in [-0.2, 0) is 25.4 Å².